The van der Waals surface area contributed by atoms with E-state index < -0.39 is 5.60 Å². The molecule has 0 aliphatic carbocycles. The van der Waals surface area contributed by atoms with Crippen LogP contribution in [0.4, 0.5) is 4.79 Å². The standard InChI is InChI=1S/C12H16ClNO2S/c1-12(2,3)16-11(15)14-5-4-9-8(7-14)6-10(13)17-9/h6H,4-5,7H2,1-3H3. The van der Waals surface area contributed by atoms with Gasteiger partial charge >= 0.3 is 6.09 Å². The second kappa shape index (κ2) is 4.50. The zero-order valence-electron chi connectivity index (χ0n) is 10.2. The van der Waals surface area contributed by atoms with Crippen LogP contribution in [0.25, 0.3) is 0 Å². The van der Waals surface area contributed by atoms with Gasteiger partial charge in [-0.3, -0.25) is 0 Å². The Labute approximate surface area is 110 Å². The molecule has 0 spiro atoms. The Morgan fingerprint density at radius 1 is 1.53 bits per heavy atom. The molecule has 0 saturated carbocycles. The van der Waals surface area contributed by atoms with Crippen LogP contribution in [-0.2, 0) is 17.7 Å². The predicted molar refractivity (Wildman–Crippen MR) is 69.7 cm³/mol. The highest BCUT2D eigenvalue weighted by Gasteiger charge is 2.26. The second-order valence-corrected chi connectivity index (χ2v) is 6.92. The number of amides is 1. The summed E-state index contributed by atoms with van der Waals surface area (Å²) >= 11 is 7.57. The highest BCUT2D eigenvalue weighted by Crippen LogP contribution is 2.31. The number of hydrogen-bond donors (Lipinski definition) is 0. The Morgan fingerprint density at radius 2 is 2.24 bits per heavy atom. The molecule has 0 unspecified atom stereocenters. The van der Waals surface area contributed by atoms with Gasteiger partial charge in [0.25, 0.3) is 0 Å². The number of fused-ring (bicyclic) bond motifs is 1. The number of nitrogens with zero attached hydrogens (tertiary/aromatic N) is 1. The van der Waals surface area contributed by atoms with Crippen LogP contribution in [0.5, 0.6) is 0 Å². The SMILES string of the molecule is CC(C)(C)OC(=O)N1CCc2sc(Cl)cc2C1. The van der Waals surface area contributed by atoms with E-state index in [1.165, 1.54) is 4.88 Å². The summed E-state index contributed by atoms with van der Waals surface area (Å²) in [6.07, 6.45) is 0.622. The number of hydrogen-bond acceptors (Lipinski definition) is 3. The summed E-state index contributed by atoms with van der Waals surface area (Å²) < 4.78 is 6.15. The average molecular weight is 274 g/mol. The fraction of sp³-hybridized carbons (Fsp3) is 0.583. The zero-order valence-corrected chi connectivity index (χ0v) is 11.8. The topological polar surface area (TPSA) is 29.5 Å². The summed E-state index contributed by atoms with van der Waals surface area (Å²) in [4.78, 5) is 14.9. The Hall–Kier alpha value is -0.740. The van der Waals surface area contributed by atoms with Crippen molar-refractivity contribution in [3.63, 3.8) is 0 Å². The van der Waals surface area contributed by atoms with Crippen LogP contribution in [0.15, 0.2) is 6.07 Å². The number of ether oxygens (including phenoxy) is 1. The molecule has 0 saturated heterocycles. The van der Waals surface area contributed by atoms with E-state index >= 15 is 0 Å². The Morgan fingerprint density at radius 3 is 2.88 bits per heavy atom. The molecule has 1 aromatic rings. The lowest BCUT2D eigenvalue weighted by molar-refractivity contribution is 0.0225. The van der Waals surface area contributed by atoms with Gasteiger partial charge < -0.3 is 9.64 Å². The molecule has 94 valence electrons. The van der Waals surface area contributed by atoms with Gasteiger partial charge in [-0.2, -0.15) is 0 Å². The van der Waals surface area contributed by atoms with Crippen molar-refractivity contribution in [3.8, 4) is 0 Å². The van der Waals surface area contributed by atoms with Crippen LogP contribution in [0.2, 0.25) is 4.34 Å². The van der Waals surface area contributed by atoms with Crippen molar-refractivity contribution in [2.45, 2.75) is 39.3 Å². The van der Waals surface area contributed by atoms with Gasteiger partial charge in [0.2, 0.25) is 0 Å². The van der Waals surface area contributed by atoms with Gasteiger partial charge in [0.15, 0.2) is 0 Å². The third kappa shape index (κ3) is 3.13. The van der Waals surface area contributed by atoms with E-state index in [4.69, 9.17) is 16.3 Å². The molecular weight excluding hydrogens is 258 g/mol. The maximum absolute atomic E-state index is 11.9. The summed E-state index contributed by atoms with van der Waals surface area (Å²) in [6.45, 7) is 6.94. The fourth-order valence-electron chi connectivity index (χ4n) is 1.78. The molecule has 0 radical (unpaired) electrons. The number of carbonyl (C=O) groups is 1. The van der Waals surface area contributed by atoms with Gasteiger partial charge in [0, 0.05) is 11.4 Å². The normalized spacial score (nSPS) is 15.6. The van der Waals surface area contributed by atoms with Gasteiger partial charge in [-0.1, -0.05) is 11.6 Å². The van der Waals surface area contributed by atoms with Crippen LogP contribution in [0.3, 0.4) is 0 Å². The fourth-order valence-corrected chi connectivity index (χ4v) is 3.07. The largest absolute Gasteiger partial charge is 0.444 e. The Kier molecular flexibility index (Phi) is 3.36. The number of thiophene rings is 1. The molecule has 2 heterocycles. The molecule has 0 aromatic carbocycles. The van der Waals surface area contributed by atoms with Gasteiger partial charge in [-0.05, 0) is 38.8 Å². The minimum Gasteiger partial charge on any atom is -0.444 e. The monoisotopic (exact) mass is 273 g/mol. The zero-order chi connectivity index (χ0) is 12.6. The number of halogens is 1. The highest BCUT2D eigenvalue weighted by molar-refractivity contribution is 7.16. The number of rotatable bonds is 0. The van der Waals surface area contributed by atoms with Gasteiger partial charge in [0.1, 0.15) is 5.60 Å². The summed E-state index contributed by atoms with van der Waals surface area (Å²) in [5.41, 5.74) is 0.709. The van der Waals surface area contributed by atoms with E-state index in [2.05, 4.69) is 0 Å². The molecule has 5 heteroatoms. The van der Waals surface area contributed by atoms with Crippen molar-refractivity contribution in [2.24, 2.45) is 0 Å². The van der Waals surface area contributed by atoms with Crippen LogP contribution in [-0.4, -0.2) is 23.1 Å². The van der Waals surface area contributed by atoms with Crippen molar-refractivity contribution in [1.82, 2.24) is 4.90 Å². The molecule has 1 aliphatic heterocycles. The molecular formula is C12H16ClNO2S. The van der Waals surface area contributed by atoms with E-state index in [0.717, 1.165) is 16.3 Å². The van der Waals surface area contributed by atoms with Crippen molar-refractivity contribution in [1.29, 1.82) is 0 Å². The van der Waals surface area contributed by atoms with Crippen LogP contribution in [0, 0.1) is 0 Å². The quantitative estimate of drug-likeness (QED) is 0.721. The van der Waals surface area contributed by atoms with E-state index in [1.54, 1.807) is 16.2 Å². The first-order valence-electron chi connectivity index (χ1n) is 5.60. The minimum atomic E-state index is -0.441. The van der Waals surface area contributed by atoms with Gasteiger partial charge in [-0.15, -0.1) is 11.3 Å². The Bertz CT molecular complexity index is 436. The van der Waals surface area contributed by atoms with E-state index in [1.807, 2.05) is 26.8 Å². The van der Waals surface area contributed by atoms with Crippen LogP contribution >= 0.6 is 22.9 Å². The summed E-state index contributed by atoms with van der Waals surface area (Å²) in [5, 5.41) is 0. The molecule has 0 bridgehead atoms. The van der Waals surface area contributed by atoms with Crippen molar-refractivity contribution in [3.05, 3.63) is 20.8 Å². The molecule has 2 rings (SSSR count). The number of carbonyl (C=O) groups excluding carboxylic acids is 1. The third-order valence-electron chi connectivity index (χ3n) is 2.49. The molecule has 17 heavy (non-hydrogen) atoms. The second-order valence-electron chi connectivity index (χ2n) is 5.15. The third-order valence-corrected chi connectivity index (χ3v) is 3.85. The highest BCUT2D eigenvalue weighted by atomic mass is 35.5. The first kappa shape index (κ1) is 12.7. The average Bonchev–Trinajstić information content (AvgIpc) is 2.53. The summed E-state index contributed by atoms with van der Waals surface area (Å²) in [5.74, 6) is 0. The molecule has 0 N–H and O–H groups in total. The van der Waals surface area contributed by atoms with Crippen molar-refractivity contribution in [2.75, 3.05) is 6.54 Å². The van der Waals surface area contributed by atoms with Gasteiger partial charge in [-0.25, -0.2) is 4.79 Å². The first-order chi connectivity index (χ1) is 7.85. The summed E-state index contributed by atoms with van der Waals surface area (Å²) in [6, 6.07) is 1.94. The van der Waals surface area contributed by atoms with Crippen LogP contribution < -0.4 is 0 Å². The lowest BCUT2D eigenvalue weighted by atomic mass is 10.1. The smallest absolute Gasteiger partial charge is 0.410 e. The minimum absolute atomic E-state index is 0.245. The molecule has 0 fully saturated rings. The summed E-state index contributed by atoms with van der Waals surface area (Å²) in [7, 11) is 0. The Balaban J connectivity index is 2.05. The molecule has 0 atom stereocenters. The van der Waals surface area contributed by atoms with Crippen LogP contribution in [0.1, 0.15) is 31.2 Å². The van der Waals surface area contributed by atoms with Crippen molar-refractivity contribution >= 4 is 29.0 Å². The maximum atomic E-state index is 11.9. The van der Waals surface area contributed by atoms with Crippen molar-refractivity contribution < 1.29 is 9.53 Å². The van der Waals surface area contributed by atoms with E-state index in [0.29, 0.717) is 13.1 Å². The lowest BCUT2D eigenvalue weighted by Gasteiger charge is -2.29. The molecule has 1 aliphatic rings. The molecule has 3 nitrogen and oxygen atoms in total. The van der Waals surface area contributed by atoms with Gasteiger partial charge in [0.05, 0.1) is 10.9 Å². The molecule has 1 amide bonds. The first-order valence-corrected chi connectivity index (χ1v) is 6.79. The van der Waals surface area contributed by atoms with E-state index in [9.17, 15) is 4.79 Å². The maximum Gasteiger partial charge on any atom is 0.410 e. The molecule has 1 aromatic heterocycles. The van der Waals surface area contributed by atoms with E-state index in [-0.39, 0.29) is 6.09 Å². The predicted octanol–water partition coefficient (Wildman–Crippen LogP) is 3.69. The lowest BCUT2D eigenvalue weighted by Crippen LogP contribution is -2.39.